The zero-order valence-electron chi connectivity index (χ0n) is 20.6. The Morgan fingerprint density at radius 3 is 2.51 bits per heavy atom. The predicted octanol–water partition coefficient (Wildman–Crippen LogP) is 4.05. The van der Waals surface area contributed by atoms with Gasteiger partial charge in [0.2, 0.25) is 5.95 Å². The molecular weight excluding hydrogens is 492 g/mol. The largest absolute Gasteiger partial charge is 0.393 e. The van der Waals surface area contributed by atoms with Gasteiger partial charge in [-0.05, 0) is 42.7 Å². The molecule has 2 aromatic carbocycles. The summed E-state index contributed by atoms with van der Waals surface area (Å²) in [6.45, 7) is 5.42. The van der Waals surface area contributed by atoms with Crippen molar-refractivity contribution in [3.05, 3.63) is 70.9 Å². The topological polar surface area (TPSA) is 103 Å². The van der Waals surface area contributed by atoms with Gasteiger partial charge >= 0.3 is 0 Å². The van der Waals surface area contributed by atoms with Gasteiger partial charge in [-0.1, -0.05) is 35.9 Å². The Kier molecular flexibility index (Phi) is 8.15. The molecule has 5 rings (SSSR count). The van der Waals surface area contributed by atoms with Crippen LogP contribution in [0.4, 0.5) is 23.1 Å². The number of piperidine rings is 1. The van der Waals surface area contributed by atoms with Gasteiger partial charge in [-0.2, -0.15) is 4.98 Å². The van der Waals surface area contributed by atoms with Gasteiger partial charge in [-0.15, -0.1) is 0 Å². The Balaban J connectivity index is 1.27. The first-order chi connectivity index (χ1) is 18.0. The van der Waals surface area contributed by atoms with E-state index in [1.807, 2.05) is 30.3 Å². The lowest BCUT2D eigenvalue weighted by Gasteiger charge is -2.30. The molecule has 0 saturated carbocycles. The maximum Gasteiger partial charge on any atom is 0.255 e. The lowest BCUT2D eigenvalue weighted by Crippen LogP contribution is -2.40. The summed E-state index contributed by atoms with van der Waals surface area (Å²) in [6, 6.07) is 15.5. The van der Waals surface area contributed by atoms with Crippen molar-refractivity contribution in [2.45, 2.75) is 25.5 Å². The SMILES string of the molecule is O=C(c1ccccc1Nc1nc(Nc2ccc(CN3CCOCC3)cc2)ncc1Cl)N1CCC(O)CC1. The molecule has 3 aromatic rings. The zero-order chi connectivity index (χ0) is 25.6. The predicted molar refractivity (Wildman–Crippen MR) is 144 cm³/mol. The molecule has 2 saturated heterocycles. The fourth-order valence-electron chi connectivity index (χ4n) is 4.50. The van der Waals surface area contributed by atoms with Crippen LogP contribution in [0.1, 0.15) is 28.8 Å². The van der Waals surface area contributed by atoms with Gasteiger partial charge in [-0.3, -0.25) is 9.69 Å². The number of aromatic nitrogens is 2. The molecule has 0 bridgehead atoms. The minimum absolute atomic E-state index is 0.0873. The van der Waals surface area contributed by atoms with Gasteiger partial charge in [0, 0.05) is 38.4 Å². The van der Waals surface area contributed by atoms with E-state index in [-0.39, 0.29) is 12.0 Å². The molecule has 1 amide bonds. The van der Waals surface area contributed by atoms with Crippen LogP contribution in [0.3, 0.4) is 0 Å². The standard InChI is InChI=1S/C27H31ClN6O3/c28-23-17-29-27(30-20-7-5-19(6-8-20)18-33-13-15-37-16-14-33)32-25(23)31-24-4-2-1-3-22(24)26(36)34-11-9-21(35)10-12-34/h1-8,17,21,35H,9-16,18H2,(H2,29,30,31,32). The summed E-state index contributed by atoms with van der Waals surface area (Å²) in [7, 11) is 0. The average molecular weight is 523 g/mol. The van der Waals surface area contributed by atoms with E-state index in [0.717, 1.165) is 38.5 Å². The molecule has 3 N–H and O–H groups in total. The molecule has 0 aliphatic carbocycles. The number of carbonyl (C=O) groups is 1. The van der Waals surface area contributed by atoms with Crippen molar-refractivity contribution in [2.75, 3.05) is 50.0 Å². The van der Waals surface area contributed by atoms with E-state index in [2.05, 4.69) is 37.6 Å². The molecule has 2 aliphatic rings. The number of carbonyl (C=O) groups excluding carboxylic acids is 1. The van der Waals surface area contributed by atoms with E-state index in [1.165, 1.54) is 11.8 Å². The van der Waals surface area contributed by atoms with E-state index in [4.69, 9.17) is 16.3 Å². The van der Waals surface area contributed by atoms with E-state index >= 15 is 0 Å². The summed E-state index contributed by atoms with van der Waals surface area (Å²) < 4.78 is 5.42. The number of ether oxygens (including phenoxy) is 1. The van der Waals surface area contributed by atoms with E-state index in [0.29, 0.717) is 54.0 Å². The smallest absolute Gasteiger partial charge is 0.255 e. The fraction of sp³-hybridized carbons (Fsp3) is 0.370. The second-order valence-corrected chi connectivity index (χ2v) is 9.70. The highest BCUT2D eigenvalue weighted by Crippen LogP contribution is 2.28. The Morgan fingerprint density at radius 2 is 1.76 bits per heavy atom. The van der Waals surface area contributed by atoms with Gasteiger partial charge in [0.25, 0.3) is 5.91 Å². The van der Waals surface area contributed by atoms with Crippen LogP contribution >= 0.6 is 11.6 Å². The Labute approximate surface area is 221 Å². The van der Waals surface area contributed by atoms with Gasteiger partial charge in [-0.25, -0.2) is 4.98 Å². The second-order valence-electron chi connectivity index (χ2n) is 9.29. The number of aliphatic hydroxyl groups excluding tert-OH is 1. The van der Waals surface area contributed by atoms with Crippen LogP contribution in [-0.4, -0.2) is 76.3 Å². The fourth-order valence-corrected chi connectivity index (χ4v) is 4.64. The van der Waals surface area contributed by atoms with E-state index in [1.54, 1.807) is 11.0 Å². The molecule has 194 valence electrons. The number of para-hydroxylation sites is 1. The van der Waals surface area contributed by atoms with Crippen LogP contribution in [0.25, 0.3) is 0 Å². The molecule has 37 heavy (non-hydrogen) atoms. The normalized spacial score (nSPS) is 17.0. The maximum absolute atomic E-state index is 13.2. The van der Waals surface area contributed by atoms with Gasteiger partial charge in [0.05, 0.1) is 36.8 Å². The van der Waals surface area contributed by atoms with Crippen molar-refractivity contribution in [3.63, 3.8) is 0 Å². The summed E-state index contributed by atoms with van der Waals surface area (Å²) in [5, 5.41) is 16.6. The number of hydrogen-bond acceptors (Lipinski definition) is 8. The van der Waals surface area contributed by atoms with Crippen LogP contribution < -0.4 is 10.6 Å². The lowest BCUT2D eigenvalue weighted by molar-refractivity contribution is 0.0342. The first-order valence-electron chi connectivity index (χ1n) is 12.6. The first-order valence-corrected chi connectivity index (χ1v) is 12.9. The summed E-state index contributed by atoms with van der Waals surface area (Å²) in [6.07, 6.45) is 2.36. The van der Waals surface area contributed by atoms with Crippen molar-refractivity contribution in [1.29, 1.82) is 0 Å². The third-order valence-electron chi connectivity index (χ3n) is 6.63. The van der Waals surface area contributed by atoms with Crippen LogP contribution in [0.15, 0.2) is 54.7 Å². The Morgan fingerprint density at radius 1 is 1.03 bits per heavy atom. The van der Waals surface area contributed by atoms with Crippen LogP contribution in [0.2, 0.25) is 5.02 Å². The maximum atomic E-state index is 13.2. The van der Waals surface area contributed by atoms with Gasteiger partial charge < -0.3 is 25.4 Å². The number of aliphatic hydroxyl groups is 1. The summed E-state index contributed by atoms with van der Waals surface area (Å²) >= 11 is 6.41. The quantitative estimate of drug-likeness (QED) is 0.427. The van der Waals surface area contributed by atoms with Gasteiger partial charge in [0.15, 0.2) is 5.82 Å². The second kappa shape index (κ2) is 11.9. The molecule has 0 unspecified atom stereocenters. The van der Waals surface area contributed by atoms with Crippen molar-refractivity contribution in [3.8, 4) is 0 Å². The molecule has 10 heteroatoms. The third-order valence-corrected chi connectivity index (χ3v) is 6.90. The molecular formula is C27H31ClN6O3. The summed E-state index contributed by atoms with van der Waals surface area (Å²) in [4.78, 5) is 26.2. The number of anilines is 4. The number of rotatable bonds is 7. The van der Waals surface area contributed by atoms with Gasteiger partial charge in [0.1, 0.15) is 5.02 Å². The first kappa shape index (κ1) is 25.4. The number of amides is 1. The minimum Gasteiger partial charge on any atom is -0.393 e. The molecule has 0 spiro atoms. The molecule has 9 nitrogen and oxygen atoms in total. The molecule has 0 atom stereocenters. The molecule has 3 heterocycles. The average Bonchev–Trinajstić information content (AvgIpc) is 2.93. The highest BCUT2D eigenvalue weighted by atomic mass is 35.5. The van der Waals surface area contributed by atoms with Crippen LogP contribution in [0.5, 0.6) is 0 Å². The zero-order valence-corrected chi connectivity index (χ0v) is 21.3. The van der Waals surface area contributed by atoms with E-state index in [9.17, 15) is 9.90 Å². The minimum atomic E-state index is -0.343. The monoisotopic (exact) mass is 522 g/mol. The summed E-state index contributed by atoms with van der Waals surface area (Å²) in [5.41, 5.74) is 3.23. The molecule has 2 aliphatic heterocycles. The third kappa shape index (κ3) is 6.56. The Bertz CT molecular complexity index is 1210. The van der Waals surface area contributed by atoms with Crippen molar-refractivity contribution in [1.82, 2.24) is 19.8 Å². The summed E-state index contributed by atoms with van der Waals surface area (Å²) in [5.74, 6) is 0.703. The molecule has 1 aromatic heterocycles. The van der Waals surface area contributed by atoms with Crippen LogP contribution in [-0.2, 0) is 11.3 Å². The van der Waals surface area contributed by atoms with Crippen molar-refractivity contribution >= 4 is 40.6 Å². The number of hydrogen-bond donors (Lipinski definition) is 3. The number of benzene rings is 2. The van der Waals surface area contributed by atoms with Crippen molar-refractivity contribution < 1.29 is 14.6 Å². The molecule has 2 fully saturated rings. The van der Waals surface area contributed by atoms with E-state index < -0.39 is 0 Å². The number of nitrogens with zero attached hydrogens (tertiary/aromatic N) is 4. The number of morpholine rings is 1. The number of likely N-dealkylation sites (tertiary alicyclic amines) is 1. The highest BCUT2D eigenvalue weighted by molar-refractivity contribution is 6.33. The van der Waals surface area contributed by atoms with Crippen molar-refractivity contribution in [2.24, 2.45) is 0 Å². The molecule has 0 radical (unpaired) electrons. The number of halogens is 1. The lowest BCUT2D eigenvalue weighted by atomic mass is 10.1. The Hall–Kier alpha value is -3.24. The van der Waals surface area contributed by atoms with Crippen LogP contribution in [0, 0.1) is 0 Å². The highest BCUT2D eigenvalue weighted by Gasteiger charge is 2.24. The number of nitrogens with one attached hydrogen (secondary N) is 2.